The molecule has 0 saturated heterocycles. The highest BCUT2D eigenvalue weighted by atomic mass is 16.5. The molecule has 2 aromatic carbocycles. The zero-order valence-electron chi connectivity index (χ0n) is 13.7. The molecule has 0 aliphatic heterocycles. The van der Waals surface area contributed by atoms with Crippen LogP contribution in [0.5, 0.6) is 5.75 Å². The van der Waals surface area contributed by atoms with Crippen molar-refractivity contribution in [3.63, 3.8) is 0 Å². The van der Waals surface area contributed by atoms with Crippen LogP contribution in [-0.2, 0) is 0 Å². The largest absolute Gasteiger partial charge is 0.495 e. The second-order valence-electron chi connectivity index (χ2n) is 4.83. The van der Waals surface area contributed by atoms with Crippen molar-refractivity contribution in [1.82, 2.24) is 5.32 Å². The van der Waals surface area contributed by atoms with Crippen molar-refractivity contribution in [3.05, 3.63) is 47.7 Å². The van der Waals surface area contributed by atoms with Crippen LogP contribution in [0.3, 0.4) is 0 Å². The molecule has 0 bridgehead atoms. The highest BCUT2D eigenvalue weighted by Crippen LogP contribution is 2.35. The molecule has 118 valence electrons. The average Bonchev–Trinajstić information content (AvgIpc) is 2.52. The number of methoxy groups -OCH3 is 1. The first kappa shape index (κ1) is 17.7. The van der Waals surface area contributed by atoms with E-state index in [-0.39, 0.29) is 6.04 Å². The summed E-state index contributed by atoms with van der Waals surface area (Å²) in [5.41, 5.74) is 8.25. The summed E-state index contributed by atoms with van der Waals surface area (Å²) < 4.78 is 5.57. The van der Waals surface area contributed by atoms with E-state index >= 15 is 0 Å². The summed E-state index contributed by atoms with van der Waals surface area (Å²) in [7, 11) is 3.57. The smallest absolute Gasteiger partial charge is 0.133 e. The molecule has 1 unspecified atom stereocenters. The van der Waals surface area contributed by atoms with Crippen LogP contribution >= 0.6 is 0 Å². The van der Waals surface area contributed by atoms with Gasteiger partial charge in [0.2, 0.25) is 0 Å². The molecule has 0 spiro atoms. The molecule has 0 aliphatic rings. The Kier molecular flexibility index (Phi) is 7.13. The third-order valence-corrected chi connectivity index (χ3v) is 3.18. The summed E-state index contributed by atoms with van der Waals surface area (Å²) in [6.07, 6.45) is 5.13. The van der Waals surface area contributed by atoms with Gasteiger partial charge in [-0.05, 0) is 49.4 Å². The molecule has 22 heavy (non-hydrogen) atoms. The van der Waals surface area contributed by atoms with Crippen molar-refractivity contribution < 1.29 is 4.74 Å². The normalized spacial score (nSPS) is 11.7. The second-order valence-corrected chi connectivity index (χ2v) is 4.83. The molecule has 4 N–H and O–H groups in total. The van der Waals surface area contributed by atoms with Gasteiger partial charge in [0, 0.05) is 24.0 Å². The van der Waals surface area contributed by atoms with E-state index in [1.807, 2.05) is 38.4 Å². The standard InChI is InChI=1S/C16H20N2O.C2H5N/c1-11(17)15-10-12(8-9-18-2)16(19-3)14-7-5-4-6-13(14)15;1-2-3/h4-11,18H,17H2,1-3H3;2-3H,1H3/b9-8+;. The highest BCUT2D eigenvalue weighted by molar-refractivity contribution is 5.94. The molecular formula is C18H25N3O. The Bertz CT molecular complexity index is 648. The molecule has 0 aliphatic carbocycles. The van der Waals surface area contributed by atoms with E-state index in [2.05, 4.69) is 23.5 Å². The Labute approximate surface area is 132 Å². The SMILES string of the molecule is CC=N.CN/C=C/c1cc(C(C)N)c2ccccc2c1OC. The summed E-state index contributed by atoms with van der Waals surface area (Å²) in [6.45, 7) is 3.67. The summed E-state index contributed by atoms with van der Waals surface area (Å²) in [5, 5.41) is 11.3. The maximum absolute atomic E-state index is 6.09. The van der Waals surface area contributed by atoms with E-state index in [4.69, 9.17) is 15.9 Å². The molecule has 0 radical (unpaired) electrons. The minimum Gasteiger partial charge on any atom is -0.495 e. The predicted molar refractivity (Wildman–Crippen MR) is 95.7 cm³/mol. The molecule has 0 fully saturated rings. The van der Waals surface area contributed by atoms with E-state index < -0.39 is 0 Å². The monoisotopic (exact) mass is 299 g/mol. The number of nitrogens with two attached hydrogens (primary N) is 1. The van der Waals surface area contributed by atoms with Crippen molar-refractivity contribution >= 4 is 23.1 Å². The van der Waals surface area contributed by atoms with Crippen LogP contribution in [0.25, 0.3) is 16.8 Å². The Morgan fingerprint density at radius 1 is 1.27 bits per heavy atom. The van der Waals surface area contributed by atoms with Crippen LogP contribution < -0.4 is 15.8 Å². The van der Waals surface area contributed by atoms with Gasteiger partial charge in [0.05, 0.1) is 7.11 Å². The van der Waals surface area contributed by atoms with Gasteiger partial charge in [-0.15, -0.1) is 0 Å². The van der Waals surface area contributed by atoms with E-state index in [0.29, 0.717) is 0 Å². The van der Waals surface area contributed by atoms with Gasteiger partial charge in [0.25, 0.3) is 0 Å². The Morgan fingerprint density at radius 2 is 1.86 bits per heavy atom. The van der Waals surface area contributed by atoms with Crippen LogP contribution in [0, 0.1) is 5.41 Å². The van der Waals surface area contributed by atoms with E-state index in [0.717, 1.165) is 27.6 Å². The molecule has 4 heteroatoms. The van der Waals surface area contributed by atoms with Gasteiger partial charge >= 0.3 is 0 Å². The minimum atomic E-state index is -0.0162. The average molecular weight is 299 g/mol. The number of fused-ring (bicyclic) bond motifs is 1. The summed E-state index contributed by atoms with van der Waals surface area (Å²) in [6, 6.07) is 10.3. The van der Waals surface area contributed by atoms with E-state index in [1.54, 1.807) is 14.0 Å². The van der Waals surface area contributed by atoms with Crippen LogP contribution in [0.4, 0.5) is 0 Å². The number of hydrogen-bond donors (Lipinski definition) is 3. The number of ether oxygens (including phenoxy) is 1. The van der Waals surface area contributed by atoms with Gasteiger partial charge in [-0.2, -0.15) is 0 Å². The Morgan fingerprint density at radius 3 is 2.36 bits per heavy atom. The van der Waals surface area contributed by atoms with Crippen molar-refractivity contribution in [2.45, 2.75) is 19.9 Å². The fourth-order valence-corrected chi connectivity index (χ4v) is 2.30. The topological polar surface area (TPSA) is 71.1 Å². The van der Waals surface area contributed by atoms with Gasteiger partial charge < -0.3 is 21.2 Å². The zero-order valence-corrected chi connectivity index (χ0v) is 13.7. The van der Waals surface area contributed by atoms with Crippen LogP contribution in [0.15, 0.2) is 36.5 Å². The Hall–Kier alpha value is -2.33. The molecule has 1 atom stereocenters. The van der Waals surface area contributed by atoms with Crippen LogP contribution in [0.2, 0.25) is 0 Å². The number of hydrogen-bond acceptors (Lipinski definition) is 4. The Balaban J connectivity index is 0.000000745. The number of nitrogens with one attached hydrogen (secondary N) is 2. The maximum atomic E-state index is 6.09. The first-order valence-electron chi connectivity index (χ1n) is 7.24. The summed E-state index contributed by atoms with van der Waals surface area (Å²) in [5.74, 6) is 0.881. The minimum absolute atomic E-state index is 0.0162. The lowest BCUT2D eigenvalue weighted by Gasteiger charge is -2.16. The van der Waals surface area contributed by atoms with Gasteiger partial charge in [-0.25, -0.2) is 0 Å². The third-order valence-electron chi connectivity index (χ3n) is 3.18. The van der Waals surface area contributed by atoms with E-state index in [9.17, 15) is 0 Å². The lowest BCUT2D eigenvalue weighted by molar-refractivity contribution is 0.418. The first-order valence-corrected chi connectivity index (χ1v) is 7.24. The predicted octanol–water partition coefficient (Wildman–Crippen LogP) is 3.71. The quantitative estimate of drug-likeness (QED) is 0.754. The molecule has 0 amide bonds. The summed E-state index contributed by atoms with van der Waals surface area (Å²) in [4.78, 5) is 0. The first-order chi connectivity index (χ1) is 10.6. The molecular weight excluding hydrogens is 274 g/mol. The second kappa shape index (κ2) is 8.85. The van der Waals surface area contributed by atoms with Gasteiger partial charge in [-0.1, -0.05) is 24.3 Å². The molecule has 4 nitrogen and oxygen atoms in total. The molecule has 0 heterocycles. The lowest BCUT2D eigenvalue weighted by Crippen LogP contribution is -2.07. The molecule has 0 aromatic heterocycles. The fourth-order valence-electron chi connectivity index (χ4n) is 2.30. The summed E-state index contributed by atoms with van der Waals surface area (Å²) >= 11 is 0. The van der Waals surface area contributed by atoms with E-state index in [1.165, 1.54) is 6.21 Å². The fraction of sp³-hybridized carbons (Fsp3) is 0.278. The maximum Gasteiger partial charge on any atom is 0.133 e. The van der Waals surface area contributed by atoms with Crippen LogP contribution in [-0.4, -0.2) is 20.4 Å². The highest BCUT2D eigenvalue weighted by Gasteiger charge is 2.12. The van der Waals surface area contributed by atoms with Gasteiger partial charge in [-0.3, -0.25) is 0 Å². The van der Waals surface area contributed by atoms with Gasteiger partial charge in [0.15, 0.2) is 0 Å². The lowest BCUT2D eigenvalue weighted by atomic mass is 9.95. The van der Waals surface area contributed by atoms with Crippen molar-refractivity contribution in [2.24, 2.45) is 5.73 Å². The third kappa shape index (κ3) is 4.09. The van der Waals surface area contributed by atoms with Crippen molar-refractivity contribution in [2.75, 3.05) is 14.2 Å². The molecule has 2 aromatic rings. The van der Waals surface area contributed by atoms with Crippen molar-refractivity contribution in [3.8, 4) is 5.75 Å². The zero-order chi connectivity index (χ0) is 16.5. The number of benzene rings is 2. The van der Waals surface area contributed by atoms with Crippen LogP contribution in [0.1, 0.15) is 31.0 Å². The van der Waals surface area contributed by atoms with Crippen molar-refractivity contribution in [1.29, 1.82) is 5.41 Å². The molecule has 0 saturated carbocycles. The van der Waals surface area contributed by atoms with Gasteiger partial charge in [0.1, 0.15) is 5.75 Å². The number of rotatable bonds is 4. The molecule has 2 rings (SSSR count).